The van der Waals surface area contributed by atoms with Crippen LogP contribution in [0.15, 0.2) is 41.5 Å². The molecule has 2 aliphatic rings. The number of pyridine rings is 1. The van der Waals surface area contributed by atoms with Gasteiger partial charge in [-0.3, -0.25) is 4.79 Å². The van der Waals surface area contributed by atoms with Gasteiger partial charge in [-0.1, -0.05) is 12.1 Å². The Morgan fingerprint density at radius 3 is 2.63 bits per heavy atom. The molecule has 2 aliphatic heterocycles. The number of aromatic nitrogens is 3. The first-order chi connectivity index (χ1) is 14.7. The minimum absolute atomic E-state index is 0.108. The van der Waals surface area contributed by atoms with E-state index < -0.39 is 0 Å². The SMILES string of the molecule is Cn1cnc2cc(-c3ccc(N4CCOCC4)cc3)nc(N[C@@H]3CCOC3)c2c1=O. The highest BCUT2D eigenvalue weighted by atomic mass is 16.5. The van der Waals surface area contributed by atoms with Gasteiger partial charge in [0.15, 0.2) is 0 Å². The van der Waals surface area contributed by atoms with Crippen LogP contribution in [0.3, 0.4) is 0 Å². The topological polar surface area (TPSA) is 81.5 Å². The zero-order valence-corrected chi connectivity index (χ0v) is 17.0. The summed E-state index contributed by atoms with van der Waals surface area (Å²) < 4.78 is 12.4. The van der Waals surface area contributed by atoms with Crippen molar-refractivity contribution in [2.75, 3.05) is 49.7 Å². The van der Waals surface area contributed by atoms with Gasteiger partial charge in [-0.15, -0.1) is 0 Å². The monoisotopic (exact) mass is 407 g/mol. The fraction of sp³-hybridized carbons (Fsp3) is 0.409. The minimum Gasteiger partial charge on any atom is -0.379 e. The molecule has 2 fully saturated rings. The summed E-state index contributed by atoms with van der Waals surface area (Å²) in [5.41, 5.74) is 3.49. The van der Waals surface area contributed by atoms with Gasteiger partial charge in [-0.05, 0) is 24.6 Å². The normalized spacial score (nSPS) is 19.4. The standard InChI is InChI=1S/C22H25N5O3/c1-26-14-23-19-12-18(15-2-4-17(5-3-15)27-7-10-29-11-8-27)25-21(20(19)22(26)28)24-16-6-9-30-13-16/h2-5,12,14,16H,6-11,13H2,1H3,(H,24,25)/t16-/m1/s1. The van der Waals surface area contributed by atoms with Crippen molar-refractivity contribution in [2.24, 2.45) is 7.05 Å². The Morgan fingerprint density at radius 2 is 1.90 bits per heavy atom. The summed E-state index contributed by atoms with van der Waals surface area (Å²) in [6, 6.07) is 10.4. The van der Waals surface area contributed by atoms with Crippen LogP contribution in [0.25, 0.3) is 22.2 Å². The predicted octanol–water partition coefficient (Wildman–Crippen LogP) is 2.03. The van der Waals surface area contributed by atoms with Gasteiger partial charge in [-0.2, -0.15) is 0 Å². The molecule has 1 N–H and O–H groups in total. The fourth-order valence-electron chi connectivity index (χ4n) is 3.98. The number of nitrogens with zero attached hydrogens (tertiary/aromatic N) is 4. The number of aryl methyl sites for hydroxylation is 1. The Kier molecular flexibility index (Phi) is 5.10. The Balaban J connectivity index is 1.54. The van der Waals surface area contributed by atoms with Gasteiger partial charge in [0.2, 0.25) is 0 Å². The first-order valence-corrected chi connectivity index (χ1v) is 10.3. The van der Waals surface area contributed by atoms with Crippen LogP contribution in [0.5, 0.6) is 0 Å². The highest BCUT2D eigenvalue weighted by Crippen LogP contribution is 2.28. The van der Waals surface area contributed by atoms with Crippen molar-refractivity contribution < 1.29 is 9.47 Å². The number of rotatable bonds is 4. The number of morpholine rings is 1. The van der Waals surface area contributed by atoms with Crippen molar-refractivity contribution in [3.8, 4) is 11.3 Å². The lowest BCUT2D eigenvalue weighted by Gasteiger charge is -2.28. The van der Waals surface area contributed by atoms with Crippen molar-refractivity contribution >= 4 is 22.4 Å². The molecule has 0 spiro atoms. The first-order valence-electron chi connectivity index (χ1n) is 10.3. The lowest BCUT2D eigenvalue weighted by molar-refractivity contribution is 0.122. The average Bonchev–Trinajstić information content (AvgIpc) is 3.30. The van der Waals surface area contributed by atoms with Gasteiger partial charge in [0.05, 0.1) is 43.4 Å². The number of hydrogen-bond donors (Lipinski definition) is 1. The van der Waals surface area contributed by atoms with Gasteiger partial charge in [0.1, 0.15) is 11.2 Å². The van der Waals surface area contributed by atoms with E-state index in [1.54, 1.807) is 13.4 Å². The van der Waals surface area contributed by atoms with Crippen LogP contribution in [0.2, 0.25) is 0 Å². The molecular formula is C22H25N5O3. The van der Waals surface area contributed by atoms with E-state index in [1.807, 2.05) is 6.07 Å². The zero-order valence-electron chi connectivity index (χ0n) is 17.0. The Labute approximate surface area is 174 Å². The Hall–Kier alpha value is -2.97. The second-order valence-corrected chi connectivity index (χ2v) is 7.76. The zero-order chi connectivity index (χ0) is 20.5. The van der Waals surface area contributed by atoms with Crippen LogP contribution < -0.4 is 15.8 Å². The number of nitrogens with one attached hydrogen (secondary N) is 1. The summed E-state index contributed by atoms with van der Waals surface area (Å²) in [6.45, 7) is 4.65. The maximum absolute atomic E-state index is 12.8. The largest absolute Gasteiger partial charge is 0.379 e. The molecular weight excluding hydrogens is 382 g/mol. The average molecular weight is 407 g/mol. The molecule has 5 rings (SSSR count). The minimum atomic E-state index is -0.108. The molecule has 4 heterocycles. The van der Waals surface area contributed by atoms with Crippen LogP contribution in [-0.2, 0) is 16.5 Å². The number of fused-ring (bicyclic) bond motifs is 1. The lowest BCUT2D eigenvalue weighted by atomic mass is 10.1. The predicted molar refractivity (Wildman–Crippen MR) is 116 cm³/mol. The van der Waals surface area contributed by atoms with Crippen LogP contribution in [0, 0.1) is 0 Å². The van der Waals surface area contributed by atoms with Crippen LogP contribution in [-0.4, -0.2) is 60.1 Å². The van der Waals surface area contributed by atoms with Crippen molar-refractivity contribution in [2.45, 2.75) is 12.5 Å². The molecule has 0 aliphatic carbocycles. The summed E-state index contributed by atoms with van der Waals surface area (Å²) in [7, 11) is 1.70. The third kappa shape index (κ3) is 3.64. The molecule has 0 unspecified atom stereocenters. The van der Waals surface area contributed by atoms with E-state index in [0.29, 0.717) is 29.9 Å². The first kappa shape index (κ1) is 19.0. The molecule has 0 radical (unpaired) electrons. The smallest absolute Gasteiger partial charge is 0.264 e. The summed E-state index contributed by atoms with van der Waals surface area (Å²) >= 11 is 0. The van der Waals surface area contributed by atoms with Crippen LogP contribution in [0.4, 0.5) is 11.5 Å². The fourth-order valence-corrected chi connectivity index (χ4v) is 3.98. The number of hydrogen-bond acceptors (Lipinski definition) is 7. The maximum atomic E-state index is 12.8. The summed E-state index contributed by atoms with van der Waals surface area (Å²) in [5.74, 6) is 0.573. The quantitative estimate of drug-likeness (QED) is 0.709. The van der Waals surface area contributed by atoms with Gasteiger partial charge < -0.3 is 24.3 Å². The third-order valence-electron chi connectivity index (χ3n) is 5.71. The molecule has 0 saturated carbocycles. The van der Waals surface area contributed by atoms with E-state index in [4.69, 9.17) is 14.5 Å². The second-order valence-electron chi connectivity index (χ2n) is 7.76. The van der Waals surface area contributed by atoms with Crippen molar-refractivity contribution in [1.29, 1.82) is 0 Å². The molecule has 1 atom stereocenters. The van der Waals surface area contributed by atoms with Crippen molar-refractivity contribution in [3.63, 3.8) is 0 Å². The van der Waals surface area contributed by atoms with E-state index in [9.17, 15) is 4.79 Å². The van der Waals surface area contributed by atoms with E-state index in [1.165, 1.54) is 10.3 Å². The summed E-state index contributed by atoms with van der Waals surface area (Å²) in [6.07, 6.45) is 2.45. The molecule has 2 saturated heterocycles. The highest BCUT2D eigenvalue weighted by molar-refractivity contribution is 5.91. The summed E-state index contributed by atoms with van der Waals surface area (Å²) in [4.78, 5) is 24.4. The maximum Gasteiger partial charge on any atom is 0.264 e. The van der Waals surface area contributed by atoms with E-state index in [0.717, 1.165) is 44.0 Å². The van der Waals surface area contributed by atoms with E-state index >= 15 is 0 Å². The van der Waals surface area contributed by atoms with Crippen molar-refractivity contribution in [3.05, 3.63) is 47.0 Å². The Bertz CT molecular complexity index is 1100. The molecule has 0 bridgehead atoms. The number of benzene rings is 1. The van der Waals surface area contributed by atoms with Crippen molar-refractivity contribution in [1.82, 2.24) is 14.5 Å². The molecule has 2 aromatic heterocycles. The third-order valence-corrected chi connectivity index (χ3v) is 5.71. The van der Waals surface area contributed by atoms with Crippen LogP contribution in [0.1, 0.15) is 6.42 Å². The number of ether oxygens (including phenoxy) is 2. The lowest BCUT2D eigenvalue weighted by Crippen LogP contribution is -2.36. The Morgan fingerprint density at radius 1 is 1.10 bits per heavy atom. The molecule has 30 heavy (non-hydrogen) atoms. The second kappa shape index (κ2) is 8.04. The molecule has 156 valence electrons. The number of anilines is 2. The van der Waals surface area contributed by atoms with Crippen LogP contribution >= 0.6 is 0 Å². The highest BCUT2D eigenvalue weighted by Gasteiger charge is 2.20. The molecule has 1 aromatic carbocycles. The molecule has 8 nitrogen and oxygen atoms in total. The molecule has 8 heteroatoms. The van der Waals surface area contributed by atoms with Gasteiger partial charge in [-0.25, -0.2) is 9.97 Å². The summed E-state index contributed by atoms with van der Waals surface area (Å²) in [5, 5.41) is 3.93. The van der Waals surface area contributed by atoms with E-state index in [2.05, 4.69) is 39.5 Å². The van der Waals surface area contributed by atoms with Gasteiger partial charge in [0, 0.05) is 38.0 Å². The molecule has 0 amide bonds. The molecule has 3 aromatic rings. The van der Waals surface area contributed by atoms with Gasteiger partial charge in [0.25, 0.3) is 5.56 Å². The van der Waals surface area contributed by atoms with E-state index in [-0.39, 0.29) is 11.6 Å². The van der Waals surface area contributed by atoms with Gasteiger partial charge >= 0.3 is 0 Å².